The third-order valence-corrected chi connectivity index (χ3v) is 4.73. The number of aliphatic hydroxyl groups is 1. The van der Waals surface area contributed by atoms with Gasteiger partial charge in [0.1, 0.15) is 5.75 Å². The van der Waals surface area contributed by atoms with Crippen LogP contribution in [0.2, 0.25) is 0 Å². The maximum absolute atomic E-state index is 10.5. The van der Waals surface area contributed by atoms with E-state index in [4.69, 9.17) is 9.47 Å². The third kappa shape index (κ3) is 3.12. The SMILES string of the molecule is COc1ccc(CC(O)C2(OC)CCCC2)cc1Br. The monoisotopic (exact) mass is 328 g/mol. The van der Waals surface area contributed by atoms with Crippen LogP contribution in [0.5, 0.6) is 5.75 Å². The first kappa shape index (κ1) is 14.8. The first-order valence-corrected chi connectivity index (χ1v) is 7.46. The topological polar surface area (TPSA) is 38.7 Å². The summed E-state index contributed by atoms with van der Waals surface area (Å²) in [6, 6.07) is 5.91. The van der Waals surface area contributed by atoms with Gasteiger partial charge in [-0.1, -0.05) is 18.9 Å². The van der Waals surface area contributed by atoms with Gasteiger partial charge >= 0.3 is 0 Å². The van der Waals surface area contributed by atoms with Crippen LogP contribution in [0.3, 0.4) is 0 Å². The number of ether oxygens (including phenoxy) is 2. The van der Waals surface area contributed by atoms with Gasteiger partial charge in [0, 0.05) is 13.5 Å². The molecule has 0 bridgehead atoms. The second-order valence-electron chi connectivity index (χ2n) is 5.16. The number of rotatable bonds is 5. The highest BCUT2D eigenvalue weighted by molar-refractivity contribution is 9.10. The Morgan fingerprint density at radius 1 is 1.32 bits per heavy atom. The highest BCUT2D eigenvalue weighted by Gasteiger charge is 2.40. The first-order valence-electron chi connectivity index (χ1n) is 6.67. The molecule has 0 radical (unpaired) electrons. The van der Waals surface area contributed by atoms with Gasteiger partial charge in [-0.25, -0.2) is 0 Å². The second-order valence-corrected chi connectivity index (χ2v) is 6.02. The van der Waals surface area contributed by atoms with Crippen molar-refractivity contribution in [1.29, 1.82) is 0 Å². The lowest BCUT2D eigenvalue weighted by Crippen LogP contribution is -2.42. The van der Waals surface area contributed by atoms with E-state index >= 15 is 0 Å². The first-order chi connectivity index (χ1) is 9.11. The van der Waals surface area contributed by atoms with Crippen molar-refractivity contribution in [2.45, 2.75) is 43.8 Å². The highest BCUT2D eigenvalue weighted by atomic mass is 79.9. The van der Waals surface area contributed by atoms with Gasteiger partial charge in [-0.05, 0) is 46.5 Å². The maximum atomic E-state index is 10.5. The minimum Gasteiger partial charge on any atom is -0.496 e. The summed E-state index contributed by atoms with van der Waals surface area (Å²) in [6.45, 7) is 0. The Morgan fingerprint density at radius 3 is 2.53 bits per heavy atom. The zero-order valence-corrected chi connectivity index (χ0v) is 13.1. The van der Waals surface area contributed by atoms with Crippen molar-refractivity contribution in [1.82, 2.24) is 0 Å². The Kier molecular flexibility index (Phi) is 4.87. The van der Waals surface area contributed by atoms with Gasteiger partial charge in [0.25, 0.3) is 0 Å². The Bertz CT molecular complexity index is 427. The Labute approximate surface area is 123 Å². The number of aliphatic hydroxyl groups excluding tert-OH is 1. The van der Waals surface area contributed by atoms with Gasteiger partial charge in [-0.3, -0.25) is 0 Å². The number of methoxy groups -OCH3 is 2. The largest absolute Gasteiger partial charge is 0.496 e. The van der Waals surface area contributed by atoms with Crippen molar-refractivity contribution >= 4 is 15.9 Å². The molecule has 0 aliphatic heterocycles. The van der Waals surface area contributed by atoms with Crippen LogP contribution in [-0.4, -0.2) is 31.0 Å². The number of hydrogen-bond acceptors (Lipinski definition) is 3. The summed E-state index contributed by atoms with van der Waals surface area (Å²) in [5, 5.41) is 10.5. The van der Waals surface area contributed by atoms with E-state index in [1.54, 1.807) is 14.2 Å². The second kappa shape index (κ2) is 6.25. The van der Waals surface area contributed by atoms with E-state index in [9.17, 15) is 5.11 Å². The fourth-order valence-corrected chi connectivity index (χ4v) is 3.48. The van der Waals surface area contributed by atoms with Crippen molar-refractivity contribution < 1.29 is 14.6 Å². The zero-order valence-electron chi connectivity index (χ0n) is 11.5. The molecule has 1 aromatic rings. The summed E-state index contributed by atoms with van der Waals surface area (Å²) < 4.78 is 11.7. The van der Waals surface area contributed by atoms with Crippen LogP contribution >= 0.6 is 15.9 Å². The molecule has 1 aliphatic carbocycles. The lowest BCUT2D eigenvalue weighted by molar-refractivity contribution is -0.0971. The van der Waals surface area contributed by atoms with Gasteiger partial charge in [-0.15, -0.1) is 0 Å². The molecule has 0 spiro atoms. The fourth-order valence-electron chi connectivity index (χ4n) is 2.89. The lowest BCUT2D eigenvalue weighted by atomic mass is 9.90. The van der Waals surface area contributed by atoms with Crippen molar-refractivity contribution in [3.63, 3.8) is 0 Å². The number of benzene rings is 1. The molecule has 1 unspecified atom stereocenters. The average molecular weight is 329 g/mol. The zero-order chi connectivity index (χ0) is 13.9. The van der Waals surface area contributed by atoms with Gasteiger partial charge < -0.3 is 14.6 Å². The molecule has 0 heterocycles. The van der Waals surface area contributed by atoms with Crippen molar-refractivity contribution in [3.8, 4) is 5.75 Å². The predicted octanol–water partition coefficient (Wildman–Crippen LogP) is 3.32. The molecule has 3 nitrogen and oxygen atoms in total. The van der Waals surface area contributed by atoms with Crippen LogP contribution in [0, 0.1) is 0 Å². The smallest absolute Gasteiger partial charge is 0.133 e. The highest BCUT2D eigenvalue weighted by Crippen LogP contribution is 2.37. The molecule has 1 N–H and O–H groups in total. The van der Waals surface area contributed by atoms with Crippen molar-refractivity contribution in [2.24, 2.45) is 0 Å². The standard InChI is InChI=1S/C15H21BrO3/c1-18-13-6-5-11(9-12(13)16)10-14(17)15(19-2)7-3-4-8-15/h5-6,9,14,17H,3-4,7-8,10H2,1-2H3. The predicted molar refractivity (Wildman–Crippen MR) is 78.6 cm³/mol. The molecule has 1 saturated carbocycles. The number of halogens is 1. The summed E-state index contributed by atoms with van der Waals surface area (Å²) in [7, 11) is 3.35. The molecular weight excluding hydrogens is 308 g/mol. The Hall–Kier alpha value is -0.580. The van der Waals surface area contributed by atoms with E-state index < -0.39 is 6.10 Å². The molecule has 1 aliphatic rings. The summed E-state index contributed by atoms with van der Waals surface area (Å²) in [4.78, 5) is 0. The van der Waals surface area contributed by atoms with Gasteiger partial charge in [-0.2, -0.15) is 0 Å². The van der Waals surface area contributed by atoms with Crippen LogP contribution in [0.4, 0.5) is 0 Å². The Balaban J connectivity index is 2.10. The van der Waals surface area contributed by atoms with Gasteiger partial charge in [0.15, 0.2) is 0 Å². The van der Waals surface area contributed by atoms with E-state index in [1.165, 1.54) is 0 Å². The average Bonchev–Trinajstić information content (AvgIpc) is 2.89. The van der Waals surface area contributed by atoms with E-state index in [2.05, 4.69) is 15.9 Å². The maximum Gasteiger partial charge on any atom is 0.133 e. The summed E-state index contributed by atoms with van der Waals surface area (Å²) >= 11 is 3.47. The van der Waals surface area contributed by atoms with Crippen molar-refractivity contribution in [2.75, 3.05) is 14.2 Å². The number of hydrogen-bond donors (Lipinski definition) is 1. The Morgan fingerprint density at radius 2 is 2.00 bits per heavy atom. The molecule has 4 heteroatoms. The molecule has 0 amide bonds. The van der Waals surface area contributed by atoms with Crippen LogP contribution in [0.15, 0.2) is 22.7 Å². The third-order valence-electron chi connectivity index (χ3n) is 4.11. The normalized spacial score (nSPS) is 19.4. The summed E-state index contributed by atoms with van der Waals surface area (Å²) in [6.07, 6.45) is 4.31. The molecule has 19 heavy (non-hydrogen) atoms. The van der Waals surface area contributed by atoms with Crippen LogP contribution in [0.25, 0.3) is 0 Å². The van der Waals surface area contributed by atoms with E-state index in [0.717, 1.165) is 41.5 Å². The van der Waals surface area contributed by atoms with Gasteiger partial charge in [0.05, 0.1) is 23.3 Å². The molecule has 106 valence electrons. The van der Waals surface area contributed by atoms with Crippen LogP contribution in [-0.2, 0) is 11.2 Å². The summed E-state index contributed by atoms with van der Waals surface area (Å²) in [5.41, 5.74) is 0.732. The van der Waals surface area contributed by atoms with Crippen LogP contribution in [0.1, 0.15) is 31.2 Å². The molecular formula is C15H21BrO3. The minimum atomic E-state index is -0.458. The fraction of sp³-hybridized carbons (Fsp3) is 0.600. The van der Waals surface area contributed by atoms with Crippen LogP contribution < -0.4 is 4.74 Å². The van der Waals surface area contributed by atoms with E-state index in [0.29, 0.717) is 6.42 Å². The molecule has 1 aromatic carbocycles. The van der Waals surface area contributed by atoms with Gasteiger partial charge in [0.2, 0.25) is 0 Å². The molecule has 1 fully saturated rings. The molecule has 0 saturated heterocycles. The summed E-state index contributed by atoms with van der Waals surface area (Å²) in [5.74, 6) is 0.806. The lowest BCUT2D eigenvalue weighted by Gasteiger charge is -2.33. The van der Waals surface area contributed by atoms with E-state index in [1.807, 2.05) is 18.2 Å². The molecule has 0 aromatic heterocycles. The van der Waals surface area contributed by atoms with E-state index in [-0.39, 0.29) is 5.60 Å². The molecule has 2 rings (SSSR count). The van der Waals surface area contributed by atoms with Crippen molar-refractivity contribution in [3.05, 3.63) is 28.2 Å². The molecule has 1 atom stereocenters. The minimum absolute atomic E-state index is 0.355. The quantitative estimate of drug-likeness (QED) is 0.901.